The van der Waals surface area contributed by atoms with Crippen molar-refractivity contribution in [2.75, 3.05) is 0 Å². The fraction of sp³-hybridized carbons (Fsp3) is 0.600. The molecule has 0 bridgehead atoms. The van der Waals surface area contributed by atoms with Crippen LogP contribution in [0.5, 0.6) is 0 Å². The monoisotopic (exact) mass is 303 g/mol. The molecular weight excluding hydrogens is 294 g/mol. The molecule has 96 valence electrons. The van der Waals surface area contributed by atoms with Gasteiger partial charge in [-0.15, -0.1) is 11.3 Å². The average Bonchev–Trinajstić information content (AvgIpc) is 2.86. The van der Waals surface area contributed by atoms with Crippen LogP contribution in [-0.2, 0) is 0 Å². The van der Waals surface area contributed by atoms with E-state index in [1.807, 2.05) is 0 Å². The maximum absolute atomic E-state index is 12.8. The molecule has 0 amide bonds. The van der Waals surface area contributed by atoms with Crippen LogP contribution in [0, 0.1) is 0 Å². The normalized spacial score (nSPS) is 20.4. The molecule has 2 rings (SSSR count). The summed E-state index contributed by atoms with van der Waals surface area (Å²) in [5.74, 6) is 0. The number of hydrogen-bond acceptors (Lipinski definition) is 2. The van der Waals surface area contributed by atoms with E-state index in [1.54, 1.807) is 13.0 Å². The highest BCUT2D eigenvalue weighted by Gasteiger charge is 2.63. The first-order chi connectivity index (χ1) is 7.75. The lowest BCUT2D eigenvalue weighted by atomic mass is 10.1. The molecule has 0 aliphatic heterocycles. The van der Waals surface area contributed by atoms with Crippen LogP contribution in [0.15, 0.2) is 6.07 Å². The summed E-state index contributed by atoms with van der Waals surface area (Å²) < 4.78 is 39.2. The van der Waals surface area contributed by atoms with Gasteiger partial charge in [-0.25, -0.2) is 0 Å². The molecule has 17 heavy (non-hydrogen) atoms. The Bertz CT molecular complexity index is 426. The first kappa shape index (κ1) is 13.5. The van der Waals surface area contributed by atoms with E-state index in [0.717, 1.165) is 11.3 Å². The molecule has 1 aromatic heterocycles. The maximum Gasteiger partial charge on any atom is 0.406 e. The number of halogens is 5. The predicted molar refractivity (Wildman–Crippen MR) is 63.9 cm³/mol. The van der Waals surface area contributed by atoms with Gasteiger partial charge in [0.05, 0.1) is 8.67 Å². The van der Waals surface area contributed by atoms with E-state index in [9.17, 15) is 13.2 Å². The molecule has 1 aliphatic rings. The summed E-state index contributed by atoms with van der Waals surface area (Å²) >= 11 is 12.8. The second kappa shape index (κ2) is 4.30. The Balaban J connectivity index is 2.13. The second-order valence-electron chi connectivity index (χ2n) is 4.23. The minimum Gasteiger partial charge on any atom is -0.297 e. The summed E-state index contributed by atoms with van der Waals surface area (Å²) in [6.45, 7) is 1.66. The van der Waals surface area contributed by atoms with Crippen LogP contribution in [0.2, 0.25) is 8.67 Å². The Labute approximate surface area is 111 Å². The highest BCUT2D eigenvalue weighted by Crippen LogP contribution is 2.50. The van der Waals surface area contributed by atoms with Crippen molar-refractivity contribution in [2.24, 2.45) is 0 Å². The Kier molecular flexibility index (Phi) is 3.40. The number of alkyl halides is 3. The first-order valence-corrected chi connectivity index (χ1v) is 6.61. The van der Waals surface area contributed by atoms with E-state index >= 15 is 0 Å². The van der Waals surface area contributed by atoms with E-state index in [-0.39, 0.29) is 12.8 Å². The Morgan fingerprint density at radius 1 is 1.41 bits per heavy atom. The van der Waals surface area contributed by atoms with Gasteiger partial charge >= 0.3 is 6.18 Å². The van der Waals surface area contributed by atoms with E-state index in [2.05, 4.69) is 5.32 Å². The molecule has 1 unspecified atom stereocenters. The maximum atomic E-state index is 12.8. The van der Waals surface area contributed by atoms with E-state index < -0.39 is 17.8 Å². The zero-order valence-electron chi connectivity index (χ0n) is 8.87. The summed E-state index contributed by atoms with van der Waals surface area (Å²) in [6.07, 6.45) is -3.97. The van der Waals surface area contributed by atoms with Gasteiger partial charge in [-0.1, -0.05) is 23.2 Å². The third kappa shape index (κ3) is 2.57. The highest BCUT2D eigenvalue weighted by atomic mass is 35.5. The van der Waals surface area contributed by atoms with Crippen molar-refractivity contribution in [1.29, 1.82) is 0 Å². The second-order valence-corrected chi connectivity index (χ2v) is 6.51. The molecule has 1 aromatic rings. The van der Waals surface area contributed by atoms with Gasteiger partial charge in [0.2, 0.25) is 0 Å². The highest BCUT2D eigenvalue weighted by molar-refractivity contribution is 7.20. The van der Waals surface area contributed by atoms with Crippen molar-refractivity contribution in [3.8, 4) is 0 Å². The topological polar surface area (TPSA) is 12.0 Å². The van der Waals surface area contributed by atoms with Gasteiger partial charge in [0.1, 0.15) is 5.54 Å². The minimum atomic E-state index is -4.21. The van der Waals surface area contributed by atoms with Crippen molar-refractivity contribution in [3.05, 3.63) is 20.3 Å². The van der Waals surface area contributed by atoms with Crippen LogP contribution in [0.3, 0.4) is 0 Å². The van der Waals surface area contributed by atoms with Crippen molar-refractivity contribution in [1.82, 2.24) is 5.32 Å². The molecule has 0 aromatic carbocycles. The quantitative estimate of drug-likeness (QED) is 0.845. The smallest absolute Gasteiger partial charge is 0.297 e. The largest absolute Gasteiger partial charge is 0.406 e. The van der Waals surface area contributed by atoms with Crippen LogP contribution in [0.25, 0.3) is 0 Å². The van der Waals surface area contributed by atoms with Crippen molar-refractivity contribution < 1.29 is 13.2 Å². The molecule has 1 aliphatic carbocycles. The molecule has 0 spiro atoms. The molecule has 1 nitrogen and oxygen atoms in total. The van der Waals surface area contributed by atoms with E-state index in [4.69, 9.17) is 23.2 Å². The van der Waals surface area contributed by atoms with Gasteiger partial charge in [0, 0.05) is 6.04 Å². The van der Waals surface area contributed by atoms with Crippen LogP contribution in [-0.4, -0.2) is 11.7 Å². The summed E-state index contributed by atoms with van der Waals surface area (Å²) in [4.78, 5) is 0. The van der Waals surface area contributed by atoms with Crippen LogP contribution < -0.4 is 5.32 Å². The standard InChI is InChI=1S/C10H10Cl2F3NS/c1-5(6-4-7(11)17-8(6)12)16-9(2-3-9)10(13,14)15/h4-5,16H,2-3H2,1H3. The molecule has 1 atom stereocenters. The van der Waals surface area contributed by atoms with Crippen LogP contribution >= 0.6 is 34.5 Å². The Morgan fingerprint density at radius 3 is 2.35 bits per heavy atom. The first-order valence-electron chi connectivity index (χ1n) is 5.04. The Hall–Kier alpha value is 0.0300. The van der Waals surface area contributed by atoms with Crippen molar-refractivity contribution in [2.45, 2.75) is 37.5 Å². The van der Waals surface area contributed by atoms with Gasteiger partial charge in [-0.3, -0.25) is 5.32 Å². The summed E-state index contributed by atoms with van der Waals surface area (Å²) in [6, 6.07) is 1.15. The minimum absolute atomic E-state index is 0.121. The zero-order valence-corrected chi connectivity index (χ0v) is 11.2. The predicted octanol–water partition coefficient (Wildman–Crippen LogP) is 4.80. The van der Waals surface area contributed by atoms with E-state index in [0.29, 0.717) is 14.2 Å². The molecule has 0 radical (unpaired) electrons. The molecule has 1 saturated carbocycles. The Morgan fingerprint density at radius 2 is 2.00 bits per heavy atom. The molecule has 1 heterocycles. The number of thiophene rings is 1. The number of rotatable bonds is 3. The summed E-state index contributed by atoms with van der Waals surface area (Å²) in [5, 5.41) is 2.62. The third-order valence-corrected chi connectivity index (χ3v) is 4.45. The number of hydrogen-bond donors (Lipinski definition) is 1. The zero-order chi connectivity index (χ0) is 12.8. The van der Waals surface area contributed by atoms with Crippen LogP contribution in [0.4, 0.5) is 13.2 Å². The average molecular weight is 304 g/mol. The lowest BCUT2D eigenvalue weighted by Gasteiger charge is -2.25. The fourth-order valence-electron chi connectivity index (χ4n) is 1.78. The van der Waals surface area contributed by atoms with Gasteiger partial charge < -0.3 is 0 Å². The number of nitrogens with one attached hydrogen (secondary N) is 1. The van der Waals surface area contributed by atoms with Crippen LogP contribution in [0.1, 0.15) is 31.4 Å². The molecule has 0 saturated heterocycles. The summed E-state index contributed by atoms with van der Waals surface area (Å²) in [7, 11) is 0. The SMILES string of the molecule is CC(NC1(C(F)(F)F)CC1)c1cc(Cl)sc1Cl. The summed E-state index contributed by atoms with van der Waals surface area (Å²) in [5.41, 5.74) is -1.11. The lowest BCUT2D eigenvalue weighted by Crippen LogP contribution is -2.45. The van der Waals surface area contributed by atoms with Crippen molar-refractivity contribution in [3.63, 3.8) is 0 Å². The fourth-order valence-corrected chi connectivity index (χ4v) is 3.42. The lowest BCUT2D eigenvalue weighted by molar-refractivity contribution is -0.167. The molecular formula is C10H10Cl2F3NS. The van der Waals surface area contributed by atoms with Gasteiger partial charge in [-0.05, 0) is 31.4 Å². The molecule has 1 N–H and O–H groups in total. The van der Waals surface area contributed by atoms with E-state index in [1.165, 1.54) is 0 Å². The molecule has 7 heteroatoms. The molecule has 1 fully saturated rings. The van der Waals surface area contributed by atoms with Gasteiger partial charge in [0.15, 0.2) is 0 Å². The van der Waals surface area contributed by atoms with Gasteiger partial charge in [-0.2, -0.15) is 13.2 Å². The van der Waals surface area contributed by atoms with Crippen molar-refractivity contribution >= 4 is 34.5 Å². The van der Waals surface area contributed by atoms with Gasteiger partial charge in [0.25, 0.3) is 0 Å². The third-order valence-electron chi connectivity index (χ3n) is 2.93.